The molecule has 3 nitrogen and oxygen atoms in total. The van der Waals surface area contributed by atoms with E-state index in [-0.39, 0.29) is 0 Å². The molecule has 0 unspecified atom stereocenters. The van der Waals surface area contributed by atoms with Crippen LogP contribution in [0, 0.1) is 0 Å². The summed E-state index contributed by atoms with van der Waals surface area (Å²) < 4.78 is 0. The van der Waals surface area contributed by atoms with Gasteiger partial charge in [0.05, 0.1) is 14.6 Å². The minimum atomic E-state index is -1.68. The van der Waals surface area contributed by atoms with Gasteiger partial charge >= 0.3 is 0 Å². The molecule has 0 amide bonds. The molecule has 0 aliphatic carbocycles. The highest BCUT2D eigenvalue weighted by molar-refractivity contribution is 7.09. The van der Waals surface area contributed by atoms with Crippen molar-refractivity contribution >= 4 is 26.9 Å². The number of aliphatic imine (C=N–C) groups is 1. The number of hydrogen-bond acceptors (Lipinski definition) is 3. The molecule has 0 saturated heterocycles. The van der Waals surface area contributed by atoms with E-state index in [1.54, 1.807) is 0 Å². The third-order valence-corrected chi connectivity index (χ3v) is 7.56. The second-order valence-electron chi connectivity index (χ2n) is 7.46. The predicted octanol–water partition coefficient (Wildman–Crippen LogP) is 3.48. The van der Waals surface area contributed by atoms with Crippen LogP contribution >= 0.6 is 0 Å². The van der Waals surface area contributed by atoms with E-state index in [1.807, 2.05) is 0 Å². The van der Waals surface area contributed by atoms with E-state index >= 15 is 0 Å². The van der Waals surface area contributed by atoms with Gasteiger partial charge in [-0.1, -0.05) is 53.1 Å². The Balaban J connectivity index is 4.79. The molecule has 0 rings (SSSR count). The molecule has 0 heterocycles. The van der Waals surface area contributed by atoms with Crippen LogP contribution in [0.2, 0.25) is 39.3 Å². The summed E-state index contributed by atoms with van der Waals surface area (Å²) in [5.41, 5.74) is 0. The highest BCUT2D eigenvalue weighted by Crippen LogP contribution is 2.13. The van der Waals surface area contributed by atoms with Gasteiger partial charge in [-0.3, -0.25) is 4.99 Å². The molecule has 0 atom stereocenters. The van der Waals surface area contributed by atoms with E-state index in [0.717, 1.165) is 26.2 Å². The van der Waals surface area contributed by atoms with E-state index in [4.69, 9.17) is 4.99 Å². The number of rotatable bonds is 9. The lowest BCUT2D eigenvalue weighted by Gasteiger charge is -2.23. The Hall–Kier alpha value is -0.266. The van der Waals surface area contributed by atoms with Crippen LogP contribution in [0.5, 0.6) is 0 Å². The first-order chi connectivity index (χ1) is 9.02. The largest absolute Gasteiger partial charge is 0.305 e. The summed E-state index contributed by atoms with van der Waals surface area (Å²) in [6, 6.07) is 0. The zero-order valence-corrected chi connectivity index (χ0v) is 16.8. The molecular weight excluding hydrogens is 280 g/mol. The molecule has 20 heavy (non-hydrogen) atoms. The van der Waals surface area contributed by atoms with Crippen molar-refractivity contribution in [2.45, 2.75) is 59.6 Å². The van der Waals surface area contributed by atoms with Crippen molar-refractivity contribution in [1.82, 2.24) is 4.90 Å². The zero-order chi connectivity index (χ0) is 16.0. The summed E-state index contributed by atoms with van der Waals surface area (Å²) in [6.45, 7) is 21.6. The van der Waals surface area contributed by atoms with Crippen molar-refractivity contribution < 1.29 is 4.79 Å². The molecule has 0 bridgehead atoms. The van der Waals surface area contributed by atoms with Crippen molar-refractivity contribution in [2.24, 2.45) is 4.99 Å². The average molecular weight is 315 g/mol. The van der Waals surface area contributed by atoms with Crippen molar-refractivity contribution in [1.29, 1.82) is 0 Å². The van der Waals surface area contributed by atoms with Gasteiger partial charge in [0.25, 0.3) is 0 Å². The van der Waals surface area contributed by atoms with Crippen LogP contribution in [-0.2, 0) is 4.79 Å². The van der Waals surface area contributed by atoms with Gasteiger partial charge in [-0.05, 0) is 13.1 Å². The third kappa shape index (κ3) is 7.50. The third-order valence-electron chi connectivity index (χ3n) is 3.64. The molecule has 5 heteroatoms. The number of carbonyl (C=O) groups excluding carboxylic acids is 1. The first kappa shape index (κ1) is 19.7. The van der Waals surface area contributed by atoms with Crippen LogP contribution in [0.3, 0.4) is 0 Å². The van der Waals surface area contributed by atoms with Gasteiger partial charge in [-0.25, -0.2) is 0 Å². The number of hydrogen-bond donors (Lipinski definition) is 0. The topological polar surface area (TPSA) is 32.7 Å². The lowest BCUT2D eigenvalue weighted by Crippen LogP contribution is -2.42. The SMILES string of the molecule is CCN(CC)CC/N=C(/CC(=O)[Si](C)(C)C)[Si](C)(C)C. The molecule has 0 radical (unpaired) electrons. The highest BCUT2D eigenvalue weighted by atomic mass is 28.3. The predicted molar refractivity (Wildman–Crippen MR) is 96.4 cm³/mol. The Labute approximate surface area is 127 Å². The minimum Gasteiger partial charge on any atom is -0.305 e. The van der Waals surface area contributed by atoms with Gasteiger partial charge in [0.1, 0.15) is 13.5 Å². The fourth-order valence-corrected chi connectivity index (χ4v) is 3.99. The Morgan fingerprint density at radius 1 is 0.950 bits per heavy atom. The van der Waals surface area contributed by atoms with Crippen molar-refractivity contribution in [3.05, 3.63) is 0 Å². The maximum absolute atomic E-state index is 12.3. The zero-order valence-electron chi connectivity index (χ0n) is 14.8. The van der Waals surface area contributed by atoms with E-state index in [0.29, 0.717) is 11.8 Å². The molecule has 0 fully saturated rings. The van der Waals surface area contributed by atoms with Gasteiger partial charge in [-0.2, -0.15) is 0 Å². The molecule has 0 aromatic rings. The summed E-state index contributed by atoms with van der Waals surface area (Å²) in [5, 5.41) is 1.65. The lowest BCUT2D eigenvalue weighted by molar-refractivity contribution is -0.111. The molecule has 0 aliphatic rings. The Bertz CT molecular complexity index is 337. The Kier molecular flexibility index (Phi) is 8.13. The van der Waals surface area contributed by atoms with Crippen molar-refractivity contribution in [2.75, 3.05) is 26.2 Å². The van der Waals surface area contributed by atoms with Gasteiger partial charge < -0.3 is 9.69 Å². The van der Waals surface area contributed by atoms with E-state index < -0.39 is 16.1 Å². The van der Waals surface area contributed by atoms with Gasteiger partial charge in [-0.15, -0.1) is 0 Å². The number of nitrogens with zero attached hydrogens (tertiary/aromatic N) is 2. The molecule has 0 aliphatic heterocycles. The second kappa shape index (κ2) is 8.24. The summed E-state index contributed by atoms with van der Waals surface area (Å²) in [7, 11) is -3.17. The maximum atomic E-state index is 12.3. The Morgan fingerprint density at radius 2 is 1.45 bits per heavy atom. The minimum absolute atomic E-state index is 0.446. The smallest absolute Gasteiger partial charge is 0.124 e. The first-order valence-corrected chi connectivity index (χ1v) is 14.8. The van der Waals surface area contributed by atoms with Crippen molar-refractivity contribution in [3.8, 4) is 0 Å². The Morgan fingerprint density at radius 3 is 1.80 bits per heavy atom. The summed E-state index contributed by atoms with van der Waals surface area (Å²) in [5.74, 6) is 0. The van der Waals surface area contributed by atoms with Crippen LogP contribution in [0.25, 0.3) is 0 Å². The average Bonchev–Trinajstić information content (AvgIpc) is 2.30. The quantitative estimate of drug-likeness (QED) is 0.482. The normalized spacial score (nSPS) is 13.9. The molecule has 0 spiro atoms. The number of carbonyl (C=O) groups is 1. The number of likely N-dealkylation sites (N-methyl/N-ethyl adjacent to an activating group) is 1. The van der Waals surface area contributed by atoms with Gasteiger partial charge in [0.2, 0.25) is 0 Å². The second-order valence-corrected chi connectivity index (χ2v) is 17.6. The molecular formula is C15H34N2OSi2. The molecule has 0 saturated carbocycles. The first-order valence-electron chi connectivity index (χ1n) is 7.81. The standard InChI is InChI=1S/C15H34N2OSi2/c1-9-17(10-2)12-11-16-14(19(3,4)5)13-15(18)20(6,7)8/h9-13H2,1-8H3/b16-14-. The summed E-state index contributed by atoms with van der Waals surface area (Å²) in [6.07, 6.45) is 0.601. The molecule has 118 valence electrons. The van der Waals surface area contributed by atoms with E-state index in [2.05, 4.69) is 58.0 Å². The van der Waals surface area contributed by atoms with Crippen LogP contribution in [0.15, 0.2) is 4.99 Å². The van der Waals surface area contributed by atoms with Crippen LogP contribution < -0.4 is 0 Å². The maximum Gasteiger partial charge on any atom is 0.124 e. The summed E-state index contributed by atoms with van der Waals surface area (Å²) >= 11 is 0. The molecule has 0 aromatic heterocycles. The fourth-order valence-electron chi connectivity index (χ4n) is 1.84. The van der Waals surface area contributed by atoms with E-state index in [1.165, 1.54) is 5.33 Å². The van der Waals surface area contributed by atoms with E-state index in [9.17, 15) is 4.79 Å². The highest BCUT2D eigenvalue weighted by Gasteiger charge is 2.30. The molecule has 0 N–H and O–H groups in total. The van der Waals surface area contributed by atoms with Crippen LogP contribution in [0.1, 0.15) is 20.3 Å². The molecule has 0 aromatic carbocycles. The monoisotopic (exact) mass is 314 g/mol. The van der Waals surface area contributed by atoms with Crippen molar-refractivity contribution in [3.63, 3.8) is 0 Å². The van der Waals surface area contributed by atoms with Gasteiger partial charge in [0.15, 0.2) is 0 Å². The van der Waals surface area contributed by atoms with Crippen LogP contribution in [-0.4, -0.2) is 58.0 Å². The van der Waals surface area contributed by atoms with Crippen LogP contribution in [0.4, 0.5) is 0 Å². The fraction of sp³-hybridized carbons (Fsp3) is 0.867. The van der Waals surface area contributed by atoms with Gasteiger partial charge in [0, 0.05) is 18.3 Å². The lowest BCUT2D eigenvalue weighted by atomic mass is 10.4. The summed E-state index contributed by atoms with van der Waals surface area (Å²) in [4.78, 5) is 19.5.